The van der Waals surface area contributed by atoms with Gasteiger partial charge in [-0.25, -0.2) is 4.79 Å². The number of primary amides is 2. The molecule has 0 saturated carbocycles. The first-order valence-corrected chi connectivity index (χ1v) is 5.03. The zero-order chi connectivity index (χ0) is 13.1. The fourth-order valence-electron chi connectivity index (χ4n) is 1.57. The van der Waals surface area contributed by atoms with E-state index in [4.69, 9.17) is 16.2 Å². The van der Waals surface area contributed by atoms with Gasteiger partial charge in [0.15, 0.2) is 0 Å². The molecule has 0 spiro atoms. The first-order valence-electron chi connectivity index (χ1n) is 5.03. The highest BCUT2D eigenvalue weighted by atomic mass is 16.6. The van der Waals surface area contributed by atoms with Gasteiger partial charge >= 0.3 is 6.09 Å². The summed E-state index contributed by atoms with van der Waals surface area (Å²) in [7, 11) is 0. The summed E-state index contributed by atoms with van der Waals surface area (Å²) in [4.78, 5) is 25.7. The highest BCUT2D eigenvalue weighted by Crippen LogP contribution is 2.19. The van der Waals surface area contributed by atoms with Gasteiger partial charge < -0.3 is 16.2 Å². The smallest absolute Gasteiger partial charge is 0.405 e. The molecule has 1 aromatic heterocycles. The van der Waals surface area contributed by atoms with Crippen LogP contribution in [0.25, 0.3) is 0 Å². The Bertz CT molecular complexity index is 443. The molecule has 0 unspecified atom stereocenters. The molecule has 4 N–H and O–H groups in total. The highest BCUT2D eigenvalue weighted by Gasteiger charge is 2.24. The van der Waals surface area contributed by atoms with E-state index in [9.17, 15) is 9.59 Å². The molecule has 1 aromatic rings. The molecule has 0 aliphatic rings. The van der Waals surface area contributed by atoms with Crippen molar-refractivity contribution in [3.05, 3.63) is 29.6 Å². The van der Waals surface area contributed by atoms with Gasteiger partial charge in [0.05, 0.1) is 5.56 Å². The van der Waals surface area contributed by atoms with Crippen molar-refractivity contribution < 1.29 is 14.3 Å². The molecular formula is C11H15N3O3. The molecule has 0 aliphatic carbocycles. The van der Waals surface area contributed by atoms with Crippen molar-refractivity contribution in [2.75, 3.05) is 0 Å². The lowest BCUT2D eigenvalue weighted by Gasteiger charge is -2.24. The molecule has 6 heteroatoms. The molecule has 17 heavy (non-hydrogen) atoms. The number of rotatable bonds is 4. The number of amides is 2. The van der Waals surface area contributed by atoms with Crippen molar-refractivity contribution >= 4 is 12.0 Å². The lowest BCUT2D eigenvalue weighted by Crippen LogP contribution is -2.34. The zero-order valence-corrected chi connectivity index (χ0v) is 9.77. The van der Waals surface area contributed by atoms with Crippen LogP contribution in [0.4, 0.5) is 4.79 Å². The number of pyridine rings is 1. The fourth-order valence-corrected chi connectivity index (χ4v) is 1.57. The fraction of sp³-hybridized carbons (Fsp3) is 0.364. The Morgan fingerprint density at radius 3 is 2.59 bits per heavy atom. The molecule has 1 heterocycles. The van der Waals surface area contributed by atoms with Gasteiger partial charge in [-0.05, 0) is 25.5 Å². The summed E-state index contributed by atoms with van der Waals surface area (Å²) in [5, 5.41) is 0. The van der Waals surface area contributed by atoms with Crippen LogP contribution in [-0.4, -0.2) is 22.6 Å². The molecule has 6 nitrogen and oxygen atoms in total. The van der Waals surface area contributed by atoms with Crippen LogP contribution in [0, 0.1) is 0 Å². The quantitative estimate of drug-likeness (QED) is 0.799. The summed E-state index contributed by atoms with van der Waals surface area (Å²) < 4.78 is 4.94. The van der Waals surface area contributed by atoms with Gasteiger partial charge in [0.1, 0.15) is 5.60 Å². The molecule has 0 bridgehead atoms. The van der Waals surface area contributed by atoms with Crippen molar-refractivity contribution in [1.82, 2.24) is 4.98 Å². The van der Waals surface area contributed by atoms with Crippen molar-refractivity contribution in [3.8, 4) is 0 Å². The number of nitrogens with zero attached hydrogens (tertiary/aromatic N) is 1. The summed E-state index contributed by atoms with van der Waals surface area (Å²) in [5.74, 6) is -0.567. The molecule has 0 aromatic carbocycles. The van der Waals surface area contributed by atoms with E-state index >= 15 is 0 Å². The van der Waals surface area contributed by atoms with E-state index in [-0.39, 0.29) is 0 Å². The minimum atomic E-state index is -0.857. The number of hydrogen-bond acceptors (Lipinski definition) is 4. The number of aromatic nitrogens is 1. The molecule has 0 saturated heterocycles. The van der Waals surface area contributed by atoms with Crippen LogP contribution in [0.2, 0.25) is 0 Å². The van der Waals surface area contributed by atoms with Crippen molar-refractivity contribution in [3.63, 3.8) is 0 Å². The molecule has 0 fully saturated rings. The minimum absolute atomic E-state index is 0.314. The number of nitrogens with two attached hydrogens (primary N) is 2. The number of carbonyl (C=O) groups is 2. The van der Waals surface area contributed by atoms with Crippen LogP contribution in [0.3, 0.4) is 0 Å². The van der Waals surface area contributed by atoms with E-state index in [0.29, 0.717) is 17.5 Å². The predicted molar refractivity (Wildman–Crippen MR) is 61.2 cm³/mol. The maximum absolute atomic E-state index is 11.2. The molecule has 0 radical (unpaired) electrons. The SMILES string of the molecule is CC(C)(Cc1ccncc1C(N)=O)OC(N)=O. The second kappa shape index (κ2) is 4.82. The summed E-state index contributed by atoms with van der Waals surface area (Å²) in [6.45, 7) is 3.39. The second-order valence-electron chi connectivity index (χ2n) is 4.25. The van der Waals surface area contributed by atoms with Crippen LogP contribution in [-0.2, 0) is 11.2 Å². The Labute approximate surface area is 99.0 Å². The van der Waals surface area contributed by atoms with Gasteiger partial charge in [-0.3, -0.25) is 9.78 Å². The standard InChI is InChI=1S/C11H15N3O3/c1-11(2,17-10(13)16)5-7-3-4-14-6-8(7)9(12)15/h3-4,6H,5H2,1-2H3,(H2,12,15)(H2,13,16). The normalized spacial score (nSPS) is 10.9. The van der Waals surface area contributed by atoms with Crippen molar-refractivity contribution in [2.24, 2.45) is 11.5 Å². The predicted octanol–water partition coefficient (Wildman–Crippen LogP) is 0.597. The van der Waals surface area contributed by atoms with Gasteiger partial charge in [-0.2, -0.15) is 0 Å². The minimum Gasteiger partial charge on any atom is -0.443 e. The monoisotopic (exact) mass is 237 g/mol. The Balaban J connectivity index is 2.95. The number of ether oxygens (including phenoxy) is 1. The van der Waals surface area contributed by atoms with E-state index in [1.807, 2.05) is 0 Å². The third kappa shape index (κ3) is 3.75. The number of carbonyl (C=O) groups excluding carboxylic acids is 2. The first kappa shape index (κ1) is 13.0. The molecule has 92 valence electrons. The average Bonchev–Trinajstić information content (AvgIpc) is 2.14. The van der Waals surface area contributed by atoms with Crippen LogP contribution in [0.1, 0.15) is 29.8 Å². The van der Waals surface area contributed by atoms with Gasteiger partial charge in [-0.1, -0.05) is 0 Å². The molecule has 2 amide bonds. The summed E-state index contributed by atoms with van der Waals surface area (Å²) in [6.07, 6.45) is 2.40. The summed E-state index contributed by atoms with van der Waals surface area (Å²) in [5.41, 5.74) is 10.4. The third-order valence-corrected chi connectivity index (χ3v) is 2.17. The molecule has 1 rings (SSSR count). The second-order valence-corrected chi connectivity index (χ2v) is 4.25. The maximum Gasteiger partial charge on any atom is 0.405 e. The van der Waals surface area contributed by atoms with E-state index in [0.717, 1.165) is 0 Å². The average molecular weight is 237 g/mol. The van der Waals surface area contributed by atoms with Crippen LogP contribution in [0.5, 0.6) is 0 Å². The van der Waals surface area contributed by atoms with Gasteiger partial charge in [0.2, 0.25) is 0 Å². The van der Waals surface area contributed by atoms with Gasteiger partial charge in [0, 0.05) is 18.8 Å². The van der Waals surface area contributed by atoms with Crippen LogP contribution in [0.15, 0.2) is 18.5 Å². The Hall–Kier alpha value is -2.11. The highest BCUT2D eigenvalue weighted by molar-refractivity contribution is 5.94. The topological polar surface area (TPSA) is 108 Å². The van der Waals surface area contributed by atoms with Gasteiger partial charge in [0.25, 0.3) is 5.91 Å². The summed E-state index contributed by atoms with van der Waals surface area (Å²) >= 11 is 0. The molecule has 0 aliphatic heterocycles. The van der Waals surface area contributed by atoms with E-state index in [2.05, 4.69) is 4.98 Å². The van der Waals surface area contributed by atoms with Crippen molar-refractivity contribution in [1.29, 1.82) is 0 Å². The van der Waals surface area contributed by atoms with Crippen LogP contribution >= 0.6 is 0 Å². The lowest BCUT2D eigenvalue weighted by molar-refractivity contribution is 0.0459. The first-order chi connectivity index (χ1) is 7.82. The van der Waals surface area contributed by atoms with Crippen molar-refractivity contribution in [2.45, 2.75) is 25.9 Å². The number of hydrogen-bond donors (Lipinski definition) is 2. The largest absolute Gasteiger partial charge is 0.443 e. The lowest BCUT2D eigenvalue weighted by atomic mass is 9.95. The molecular weight excluding hydrogens is 222 g/mol. The van der Waals surface area contributed by atoms with E-state index in [1.54, 1.807) is 26.1 Å². The van der Waals surface area contributed by atoms with Crippen LogP contribution < -0.4 is 11.5 Å². The summed E-state index contributed by atoms with van der Waals surface area (Å²) in [6, 6.07) is 1.66. The third-order valence-electron chi connectivity index (χ3n) is 2.17. The Morgan fingerprint density at radius 1 is 1.41 bits per heavy atom. The molecule has 0 atom stereocenters. The van der Waals surface area contributed by atoms with Gasteiger partial charge in [-0.15, -0.1) is 0 Å². The van der Waals surface area contributed by atoms with E-state index < -0.39 is 17.6 Å². The maximum atomic E-state index is 11.2. The van der Waals surface area contributed by atoms with E-state index in [1.165, 1.54) is 6.20 Å². The Kier molecular flexibility index (Phi) is 3.67. The zero-order valence-electron chi connectivity index (χ0n) is 9.77. The Morgan fingerprint density at radius 2 is 2.06 bits per heavy atom.